The monoisotopic (exact) mass is 449 g/mol. The Bertz CT molecular complexity index is 1160. The van der Waals surface area contributed by atoms with E-state index in [-0.39, 0.29) is 5.95 Å². The summed E-state index contributed by atoms with van der Waals surface area (Å²) in [4.78, 5) is 42.1. The number of urea groups is 2. The van der Waals surface area contributed by atoms with E-state index < -0.39 is 17.6 Å². The molecule has 7 N–H and O–H groups in total. The molecule has 10 nitrogen and oxygen atoms in total. The zero-order valence-electron chi connectivity index (χ0n) is 18.3. The highest BCUT2D eigenvalue weighted by Gasteiger charge is 2.09. The highest BCUT2D eigenvalue weighted by Crippen LogP contribution is 2.16. The molecular weight excluding hydrogens is 422 g/mol. The maximum absolute atomic E-state index is 12.5. The van der Waals surface area contributed by atoms with Gasteiger partial charge in [-0.25, -0.2) is 9.59 Å². The van der Waals surface area contributed by atoms with Gasteiger partial charge in [-0.3, -0.25) is 10.1 Å². The van der Waals surface area contributed by atoms with Gasteiger partial charge in [0.15, 0.2) is 0 Å². The molecule has 0 aliphatic heterocycles. The molecule has 172 valence electrons. The first-order chi connectivity index (χ1) is 15.9. The minimum atomic E-state index is -0.524. The number of aromatic amines is 1. The van der Waals surface area contributed by atoms with Crippen LogP contribution in [0.2, 0.25) is 0 Å². The molecule has 0 saturated carbocycles. The summed E-state index contributed by atoms with van der Waals surface area (Å²) in [6.45, 7) is 3.80. The number of carbonyl (C=O) groups excluding carboxylic acids is 2. The third kappa shape index (κ3) is 7.18. The summed E-state index contributed by atoms with van der Waals surface area (Å²) in [7, 11) is 0. The molecule has 1 aromatic heterocycles. The number of hydrogen-bond donors (Lipinski definition) is 6. The van der Waals surface area contributed by atoms with Crippen LogP contribution in [-0.2, 0) is 6.54 Å². The Morgan fingerprint density at radius 3 is 2.48 bits per heavy atom. The summed E-state index contributed by atoms with van der Waals surface area (Å²) in [5, 5.41) is 11.1. The van der Waals surface area contributed by atoms with Crippen LogP contribution >= 0.6 is 0 Å². The van der Waals surface area contributed by atoms with Crippen molar-refractivity contribution in [2.24, 2.45) is 5.73 Å². The number of nitrogens with two attached hydrogens (primary N) is 1. The number of amides is 4. The predicted molar refractivity (Wildman–Crippen MR) is 128 cm³/mol. The van der Waals surface area contributed by atoms with E-state index in [9.17, 15) is 14.4 Å². The van der Waals surface area contributed by atoms with E-state index in [2.05, 4.69) is 31.2 Å². The molecule has 3 aromatic rings. The molecule has 0 saturated heterocycles. The zero-order valence-corrected chi connectivity index (χ0v) is 18.3. The van der Waals surface area contributed by atoms with E-state index in [1.54, 1.807) is 6.07 Å². The zero-order chi connectivity index (χ0) is 23.6. The SMILES string of the molecule is Cc1ccccc1NC(=O)Nc1nc(=O)c(-c2ccc(CNCCCNC(N)=O)cc2)c[nH]1. The highest BCUT2D eigenvalue weighted by molar-refractivity contribution is 5.99. The topological polar surface area (TPSA) is 154 Å². The van der Waals surface area contributed by atoms with Crippen molar-refractivity contribution >= 4 is 23.7 Å². The van der Waals surface area contributed by atoms with Crippen molar-refractivity contribution in [3.05, 3.63) is 76.2 Å². The number of aromatic nitrogens is 2. The Hall–Kier alpha value is -4.18. The second kappa shape index (κ2) is 11.4. The number of aryl methyl sites for hydroxylation is 1. The average molecular weight is 450 g/mol. The summed E-state index contributed by atoms with van der Waals surface area (Å²) in [6.07, 6.45) is 2.29. The minimum absolute atomic E-state index is 0.0569. The van der Waals surface area contributed by atoms with E-state index in [0.29, 0.717) is 29.9 Å². The molecule has 2 aromatic carbocycles. The van der Waals surface area contributed by atoms with Gasteiger partial charge in [0, 0.05) is 25.0 Å². The Labute approximate surface area is 191 Å². The fourth-order valence-corrected chi connectivity index (χ4v) is 3.10. The smallest absolute Gasteiger partial charge is 0.326 e. The van der Waals surface area contributed by atoms with Gasteiger partial charge in [0.05, 0.1) is 5.56 Å². The van der Waals surface area contributed by atoms with Crippen molar-refractivity contribution in [1.29, 1.82) is 0 Å². The Balaban J connectivity index is 1.54. The molecule has 0 aliphatic carbocycles. The summed E-state index contributed by atoms with van der Waals surface area (Å²) in [6, 6.07) is 13.9. The molecule has 1 heterocycles. The lowest BCUT2D eigenvalue weighted by atomic mass is 10.1. The van der Waals surface area contributed by atoms with Gasteiger partial charge in [0.25, 0.3) is 5.56 Å². The van der Waals surface area contributed by atoms with E-state index in [0.717, 1.165) is 24.1 Å². The van der Waals surface area contributed by atoms with Crippen LogP contribution in [0.4, 0.5) is 21.2 Å². The lowest BCUT2D eigenvalue weighted by Gasteiger charge is -2.09. The molecule has 33 heavy (non-hydrogen) atoms. The number of para-hydroxylation sites is 1. The van der Waals surface area contributed by atoms with Crippen molar-refractivity contribution in [3.63, 3.8) is 0 Å². The quantitative estimate of drug-likeness (QED) is 0.277. The molecular formula is C23H27N7O3. The number of nitrogens with one attached hydrogen (secondary N) is 5. The van der Waals surface area contributed by atoms with Crippen molar-refractivity contribution in [3.8, 4) is 11.1 Å². The first-order valence-electron chi connectivity index (χ1n) is 10.5. The van der Waals surface area contributed by atoms with E-state index in [1.807, 2.05) is 49.4 Å². The van der Waals surface area contributed by atoms with Crippen LogP contribution < -0.4 is 32.6 Å². The molecule has 4 amide bonds. The molecule has 0 fully saturated rings. The van der Waals surface area contributed by atoms with E-state index in [4.69, 9.17) is 5.73 Å². The van der Waals surface area contributed by atoms with Crippen molar-refractivity contribution < 1.29 is 9.59 Å². The van der Waals surface area contributed by atoms with Crippen molar-refractivity contribution in [2.45, 2.75) is 19.9 Å². The molecule has 3 rings (SSSR count). The number of hydrogen-bond acceptors (Lipinski definition) is 5. The normalized spacial score (nSPS) is 10.5. The average Bonchev–Trinajstić information content (AvgIpc) is 2.78. The second-order valence-electron chi connectivity index (χ2n) is 7.38. The minimum Gasteiger partial charge on any atom is -0.352 e. The highest BCUT2D eigenvalue weighted by atomic mass is 16.2. The number of primary amides is 1. The van der Waals surface area contributed by atoms with Gasteiger partial charge in [-0.15, -0.1) is 0 Å². The molecule has 0 atom stereocenters. The third-order valence-electron chi connectivity index (χ3n) is 4.85. The standard InChI is InChI=1S/C23H27N7O3/c1-15-5-2-3-6-19(15)28-23(33)30-22-27-14-18(20(31)29-22)17-9-7-16(8-10-17)13-25-11-4-12-26-21(24)32/h2-3,5-10,14,25H,4,11-13H2,1H3,(H3,24,26,32)(H3,27,28,29,30,31,33). The molecule has 0 spiro atoms. The second-order valence-corrected chi connectivity index (χ2v) is 7.38. The Kier molecular flexibility index (Phi) is 8.14. The summed E-state index contributed by atoms with van der Waals surface area (Å²) >= 11 is 0. The molecule has 0 unspecified atom stereocenters. The first-order valence-corrected chi connectivity index (χ1v) is 10.5. The van der Waals surface area contributed by atoms with Crippen molar-refractivity contribution in [2.75, 3.05) is 23.7 Å². The summed E-state index contributed by atoms with van der Waals surface area (Å²) in [5.41, 5.74) is 8.32. The van der Waals surface area contributed by atoms with Crippen LogP contribution in [0, 0.1) is 6.92 Å². The first kappa shape index (κ1) is 23.5. The van der Waals surface area contributed by atoms with Crippen molar-refractivity contribution in [1.82, 2.24) is 20.6 Å². The fraction of sp³-hybridized carbons (Fsp3) is 0.217. The van der Waals surface area contributed by atoms with Gasteiger partial charge in [-0.2, -0.15) is 4.98 Å². The van der Waals surface area contributed by atoms with Gasteiger partial charge < -0.3 is 26.7 Å². The molecule has 0 aliphatic rings. The van der Waals surface area contributed by atoms with Gasteiger partial charge in [0.2, 0.25) is 5.95 Å². The lowest BCUT2D eigenvalue weighted by molar-refractivity contribution is 0.248. The maximum Gasteiger partial charge on any atom is 0.326 e. The van der Waals surface area contributed by atoms with Gasteiger partial charge in [-0.05, 0) is 42.6 Å². The number of rotatable bonds is 9. The van der Waals surface area contributed by atoms with Crippen LogP contribution in [0.15, 0.2) is 59.5 Å². The number of benzene rings is 2. The number of nitrogens with zero attached hydrogens (tertiary/aromatic N) is 1. The maximum atomic E-state index is 12.5. The molecule has 0 bridgehead atoms. The van der Waals surface area contributed by atoms with Gasteiger partial charge >= 0.3 is 12.1 Å². The van der Waals surface area contributed by atoms with Crippen LogP contribution in [0.3, 0.4) is 0 Å². The van der Waals surface area contributed by atoms with Crippen LogP contribution in [0.1, 0.15) is 17.5 Å². The Morgan fingerprint density at radius 1 is 1.03 bits per heavy atom. The van der Waals surface area contributed by atoms with E-state index in [1.165, 1.54) is 6.20 Å². The summed E-state index contributed by atoms with van der Waals surface area (Å²) in [5.74, 6) is 0.0569. The lowest BCUT2D eigenvalue weighted by Crippen LogP contribution is -2.31. The number of carbonyl (C=O) groups is 2. The molecule has 10 heteroatoms. The molecule has 0 radical (unpaired) electrons. The largest absolute Gasteiger partial charge is 0.352 e. The summed E-state index contributed by atoms with van der Waals surface area (Å²) < 4.78 is 0. The predicted octanol–water partition coefficient (Wildman–Crippen LogP) is 2.54. The third-order valence-corrected chi connectivity index (χ3v) is 4.85. The van der Waals surface area contributed by atoms with Crippen LogP contribution in [0.5, 0.6) is 0 Å². The Morgan fingerprint density at radius 2 is 1.79 bits per heavy atom. The van der Waals surface area contributed by atoms with Gasteiger partial charge in [0.1, 0.15) is 0 Å². The van der Waals surface area contributed by atoms with Crippen LogP contribution in [0.25, 0.3) is 11.1 Å². The van der Waals surface area contributed by atoms with E-state index >= 15 is 0 Å². The van der Waals surface area contributed by atoms with Crippen LogP contribution in [-0.4, -0.2) is 35.1 Å². The number of anilines is 2. The van der Waals surface area contributed by atoms with Gasteiger partial charge in [-0.1, -0.05) is 42.5 Å². The number of H-pyrrole nitrogens is 1. The fourth-order valence-electron chi connectivity index (χ4n) is 3.10.